The van der Waals surface area contributed by atoms with Crippen molar-refractivity contribution >= 4 is 5.91 Å². The van der Waals surface area contributed by atoms with Gasteiger partial charge in [-0.15, -0.1) is 0 Å². The van der Waals surface area contributed by atoms with Crippen molar-refractivity contribution in [3.8, 4) is 5.69 Å². The van der Waals surface area contributed by atoms with Crippen molar-refractivity contribution in [2.45, 2.75) is 6.61 Å². The van der Waals surface area contributed by atoms with Gasteiger partial charge in [-0.3, -0.25) is 19.1 Å². The summed E-state index contributed by atoms with van der Waals surface area (Å²) in [4.78, 5) is 28.8. The van der Waals surface area contributed by atoms with Crippen LogP contribution in [-0.2, 0) is 18.5 Å². The maximum atomic E-state index is 11.9. The van der Waals surface area contributed by atoms with E-state index in [1.165, 1.54) is 10.7 Å². The van der Waals surface area contributed by atoms with Gasteiger partial charge in [-0.05, 0) is 12.1 Å². The number of hydrogen-bond donors (Lipinski definition) is 1. The monoisotopic (exact) mass is 325 g/mol. The second-order valence-electron chi connectivity index (χ2n) is 5.03. The molecule has 0 spiro atoms. The van der Waals surface area contributed by atoms with Crippen LogP contribution in [0.25, 0.3) is 5.69 Å². The fourth-order valence-corrected chi connectivity index (χ4v) is 2.04. The highest BCUT2D eigenvalue weighted by molar-refractivity contribution is 5.93. The molecule has 0 radical (unpaired) electrons. The van der Waals surface area contributed by atoms with Crippen molar-refractivity contribution in [2.75, 3.05) is 0 Å². The minimum absolute atomic E-state index is 0.140. The van der Waals surface area contributed by atoms with Gasteiger partial charge in [0.1, 0.15) is 18.0 Å². The lowest BCUT2D eigenvalue weighted by molar-refractivity contribution is 0.0215. The molecular weight excluding hydrogens is 310 g/mol. The number of nitrogens with one attached hydrogen (secondary N) is 1. The molecule has 2 aromatic heterocycles. The Kier molecular flexibility index (Phi) is 4.48. The van der Waals surface area contributed by atoms with Gasteiger partial charge in [-0.2, -0.15) is 10.2 Å². The van der Waals surface area contributed by atoms with Crippen molar-refractivity contribution in [3.05, 3.63) is 76.5 Å². The number of nitrogens with zero attached hydrogens (tertiary/aromatic N) is 4. The van der Waals surface area contributed by atoms with Gasteiger partial charge in [0.25, 0.3) is 5.91 Å². The van der Waals surface area contributed by atoms with Crippen LogP contribution < -0.4 is 10.9 Å². The molecule has 8 heteroatoms. The average Bonchev–Trinajstić information content (AvgIpc) is 3.03. The lowest BCUT2D eigenvalue weighted by atomic mass is 10.2. The number of aromatic nitrogens is 4. The molecule has 1 N–H and O–H groups in total. The standard InChI is InChI=1S/C16H15N5O3/c1-20-10-13(9-17-20)21-8-7-15(22)14(18-21)11-24-19-16(23)12-5-3-2-4-6-12/h2-10H,11H2,1H3,(H,19,23). The third-order valence-corrected chi connectivity index (χ3v) is 3.25. The van der Waals surface area contributed by atoms with Crippen molar-refractivity contribution in [1.82, 2.24) is 25.0 Å². The molecule has 0 atom stereocenters. The minimum Gasteiger partial charge on any atom is -0.288 e. The molecular formula is C16H15N5O3. The first kappa shape index (κ1) is 15.6. The summed E-state index contributed by atoms with van der Waals surface area (Å²) in [5, 5.41) is 8.25. The maximum absolute atomic E-state index is 11.9. The Hall–Kier alpha value is -3.26. The Morgan fingerprint density at radius 2 is 2.04 bits per heavy atom. The predicted octanol–water partition coefficient (Wildman–Crippen LogP) is 0.828. The molecule has 3 rings (SSSR count). The van der Waals surface area contributed by atoms with Crippen LogP contribution in [0.5, 0.6) is 0 Å². The quantitative estimate of drug-likeness (QED) is 0.702. The molecule has 0 aliphatic rings. The molecule has 122 valence electrons. The van der Waals surface area contributed by atoms with E-state index >= 15 is 0 Å². The maximum Gasteiger partial charge on any atom is 0.274 e. The van der Waals surface area contributed by atoms with E-state index in [2.05, 4.69) is 15.7 Å². The second-order valence-corrected chi connectivity index (χ2v) is 5.03. The molecule has 0 unspecified atom stereocenters. The Labute approximate surface area is 137 Å². The van der Waals surface area contributed by atoms with E-state index < -0.39 is 0 Å². The van der Waals surface area contributed by atoms with Crippen LogP contribution in [0.15, 0.2) is 59.8 Å². The smallest absolute Gasteiger partial charge is 0.274 e. The molecule has 8 nitrogen and oxygen atoms in total. The highest BCUT2D eigenvalue weighted by Crippen LogP contribution is 2.03. The van der Waals surface area contributed by atoms with E-state index in [0.717, 1.165) is 0 Å². The summed E-state index contributed by atoms with van der Waals surface area (Å²) in [5.74, 6) is -0.390. The molecule has 1 aromatic carbocycles. The Balaban J connectivity index is 1.67. The number of carbonyl (C=O) groups excluding carboxylic acids is 1. The van der Waals surface area contributed by atoms with Gasteiger partial charge in [0.05, 0.1) is 12.4 Å². The van der Waals surface area contributed by atoms with Crippen molar-refractivity contribution in [3.63, 3.8) is 0 Å². The predicted molar refractivity (Wildman–Crippen MR) is 85.3 cm³/mol. The summed E-state index contributed by atoms with van der Waals surface area (Å²) in [7, 11) is 1.79. The fraction of sp³-hybridized carbons (Fsp3) is 0.125. The second kappa shape index (κ2) is 6.88. The van der Waals surface area contributed by atoms with Crippen LogP contribution in [-0.4, -0.2) is 25.5 Å². The van der Waals surface area contributed by atoms with Crippen LogP contribution in [0, 0.1) is 0 Å². The highest BCUT2D eigenvalue weighted by Gasteiger charge is 2.08. The van der Waals surface area contributed by atoms with E-state index in [1.807, 2.05) is 6.07 Å². The molecule has 24 heavy (non-hydrogen) atoms. The summed E-state index contributed by atoms with van der Waals surface area (Å²) in [6.45, 7) is -0.140. The molecule has 0 fully saturated rings. The molecule has 0 saturated carbocycles. The van der Waals surface area contributed by atoms with E-state index in [0.29, 0.717) is 11.3 Å². The molecule has 0 saturated heterocycles. The number of benzene rings is 1. The third kappa shape index (κ3) is 3.55. The Morgan fingerprint density at radius 1 is 1.25 bits per heavy atom. The van der Waals surface area contributed by atoms with Crippen LogP contribution >= 0.6 is 0 Å². The molecule has 3 aromatic rings. The van der Waals surface area contributed by atoms with Gasteiger partial charge >= 0.3 is 0 Å². The van der Waals surface area contributed by atoms with E-state index in [4.69, 9.17) is 4.84 Å². The number of carbonyl (C=O) groups is 1. The first-order valence-corrected chi connectivity index (χ1v) is 7.18. The number of hydrogen-bond acceptors (Lipinski definition) is 5. The van der Waals surface area contributed by atoms with Gasteiger partial charge in [-0.1, -0.05) is 18.2 Å². The molecule has 0 aliphatic carbocycles. The lowest BCUT2D eigenvalue weighted by Crippen LogP contribution is -2.26. The summed E-state index contributed by atoms with van der Waals surface area (Å²) in [5.41, 5.74) is 3.38. The normalized spacial score (nSPS) is 10.5. The van der Waals surface area contributed by atoms with Crippen LogP contribution in [0.4, 0.5) is 0 Å². The Morgan fingerprint density at radius 3 is 2.75 bits per heavy atom. The number of hydroxylamine groups is 1. The molecule has 0 aliphatic heterocycles. The zero-order valence-electron chi connectivity index (χ0n) is 12.9. The number of amides is 1. The van der Waals surface area contributed by atoms with Crippen LogP contribution in [0.3, 0.4) is 0 Å². The van der Waals surface area contributed by atoms with E-state index in [1.54, 1.807) is 54.6 Å². The molecule has 2 heterocycles. The highest BCUT2D eigenvalue weighted by atomic mass is 16.7. The fourth-order valence-electron chi connectivity index (χ4n) is 2.04. The largest absolute Gasteiger partial charge is 0.288 e. The number of rotatable bonds is 5. The topological polar surface area (TPSA) is 91.0 Å². The number of aryl methyl sites for hydroxylation is 1. The average molecular weight is 325 g/mol. The first-order chi connectivity index (χ1) is 11.6. The molecule has 0 bridgehead atoms. The SMILES string of the molecule is Cn1cc(-n2ccc(=O)c(CONC(=O)c3ccccc3)n2)cn1. The van der Waals surface area contributed by atoms with Gasteiger partial charge in [0.15, 0.2) is 0 Å². The van der Waals surface area contributed by atoms with Gasteiger partial charge < -0.3 is 0 Å². The third-order valence-electron chi connectivity index (χ3n) is 3.25. The minimum atomic E-state index is -0.390. The van der Waals surface area contributed by atoms with Crippen molar-refractivity contribution < 1.29 is 9.63 Å². The lowest BCUT2D eigenvalue weighted by Gasteiger charge is -2.07. The summed E-state index contributed by atoms with van der Waals surface area (Å²) in [6.07, 6.45) is 4.93. The van der Waals surface area contributed by atoms with E-state index in [9.17, 15) is 9.59 Å². The van der Waals surface area contributed by atoms with Crippen molar-refractivity contribution in [2.24, 2.45) is 7.05 Å². The summed E-state index contributed by atoms with van der Waals surface area (Å²) in [6, 6.07) is 10.0. The van der Waals surface area contributed by atoms with Crippen molar-refractivity contribution in [1.29, 1.82) is 0 Å². The van der Waals surface area contributed by atoms with Crippen LogP contribution in [0.2, 0.25) is 0 Å². The van der Waals surface area contributed by atoms with Gasteiger partial charge in [0, 0.05) is 24.9 Å². The Bertz CT molecular complexity index is 901. The summed E-state index contributed by atoms with van der Waals surface area (Å²) < 4.78 is 3.15. The molecule has 1 amide bonds. The zero-order chi connectivity index (χ0) is 16.9. The zero-order valence-corrected chi connectivity index (χ0v) is 12.9. The van der Waals surface area contributed by atoms with E-state index in [-0.39, 0.29) is 23.6 Å². The van der Waals surface area contributed by atoms with Gasteiger partial charge in [0.2, 0.25) is 5.43 Å². The van der Waals surface area contributed by atoms with Crippen LogP contribution in [0.1, 0.15) is 16.1 Å². The van der Waals surface area contributed by atoms with Gasteiger partial charge in [-0.25, -0.2) is 10.2 Å². The first-order valence-electron chi connectivity index (χ1n) is 7.18. The summed E-state index contributed by atoms with van der Waals surface area (Å²) >= 11 is 0.